The molecule has 2 rings (SSSR count). The van der Waals surface area contributed by atoms with E-state index in [1.54, 1.807) is 0 Å². The third-order valence-corrected chi connectivity index (χ3v) is 4.18. The number of likely N-dealkylation sites (N-methyl/N-ethyl adjacent to an activating group) is 1. The van der Waals surface area contributed by atoms with Crippen molar-refractivity contribution in [1.82, 2.24) is 9.80 Å². The standard InChI is InChI=1S/C15H22N2OS/c1-11-9-17(10-14(11)16(2)3)15(18)8-12-4-6-13(19)7-5-12/h4-7,11,14,19H,8-10H2,1-3H3. The number of rotatable bonds is 3. The van der Waals surface area contributed by atoms with E-state index in [0.717, 1.165) is 23.5 Å². The molecule has 1 fully saturated rings. The van der Waals surface area contributed by atoms with Gasteiger partial charge >= 0.3 is 0 Å². The van der Waals surface area contributed by atoms with E-state index in [2.05, 4.69) is 38.5 Å². The Morgan fingerprint density at radius 3 is 2.47 bits per heavy atom. The van der Waals surface area contributed by atoms with Gasteiger partial charge in [-0.1, -0.05) is 19.1 Å². The van der Waals surface area contributed by atoms with Crippen molar-refractivity contribution in [2.75, 3.05) is 27.2 Å². The average Bonchev–Trinajstić information content (AvgIpc) is 2.74. The predicted molar refractivity (Wildman–Crippen MR) is 80.6 cm³/mol. The van der Waals surface area contributed by atoms with E-state index in [-0.39, 0.29) is 5.91 Å². The highest BCUT2D eigenvalue weighted by Crippen LogP contribution is 2.21. The maximum Gasteiger partial charge on any atom is 0.227 e. The Labute approximate surface area is 121 Å². The van der Waals surface area contributed by atoms with Gasteiger partial charge in [-0.05, 0) is 37.7 Å². The van der Waals surface area contributed by atoms with Crippen LogP contribution in [0.5, 0.6) is 0 Å². The first-order valence-corrected chi connectivity index (χ1v) is 7.14. The Bertz CT molecular complexity index is 444. The number of amides is 1. The molecule has 1 aromatic carbocycles. The van der Waals surface area contributed by atoms with Crippen LogP contribution in [-0.4, -0.2) is 48.9 Å². The molecule has 0 N–H and O–H groups in total. The molecule has 1 saturated heterocycles. The molecule has 4 heteroatoms. The highest BCUT2D eigenvalue weighted by molar-refractivity contribution is 7.80. The van der Waals surface area contributed by atoms with Crippen molar-refractivity contribution in [3.05, 3.63) is 29.8 Å². The Kier molecular flexibility index (Phi) is 4.53. The molecule has 1 aliphatic heterocycles. The topological polar surface area (TPSA) is 23.6 Å². The summed E-state index contributed by atoms with van der Waals surface area (Å²) in [6, 6.07) is 8.29. The van der Waals surface area contributed by atoms with Crippen molar-refractivity contribution >= 4 is 18.5 Å². The predicted octanol–water partition coefficient (Wildman–Crippen LogP) is 1.93. The summed E-state index contributed by atoms with van der Waals surface area (Å²) >= 11 is 4.25. The van der Waals surface area contributed by atoms with Gasteiger partial charge in [-0.2, -0.15) is 0 Å². The molecule has 2 atom stereocenters. The molecular formula is C15H22N2OS. The van der Waals surface area contributed by atoms with Gasteiger partial charge in [-0.25, -0.2) is 0 Å². The maximum absolute atomic E-state index is 12.3. The van der Waals surface area contributed by atoms with E-state index in [1.165, 1.54) is 0 Å². The van der Waals surface area contributed by atoms with Crippen molar-refractivity contribution in [2.45, 2.75) is 24.3 Å². The van der Waals surface area contributed by atoms with Gasteiger partial charge in [0.05, 0.1) is 6.42 Å². The highest BCUT2D eigenvalue weighted by atomic mass is 32.1. The molecule has 0 radical (unpaired) electrons. The lowest BCUT2D eigenvalue weighted by Crippen LogP contribution is -2.36. The fourth-order valence-electron chi connectivity index (χ4n) is 2.73. The first kappa shape index (κ1) is 14.4. The monoisotopic (exact) mass is 278 g/mol. The normalized spacial score (nSPS) is 23.1. The number of carbonyl (C=O) groups excluding carboxylic acids is 1. The minimum atomic E-state index is 0.225. The van der Waals surface area contributed by atoms with Gasteiger partial charge in [0.25, 0.3) is 0 Å². The first-order valence-electron chi connectivity index (χ1n) is 6.69. The van der Waals surface area contributed by atoms with Crippen LogP contribution in [0, 0.1) is 5.92 Å². The zero-order valence-electron chi connectivity index (χ0n) is 11.8. The average molecular weight is 278 g/mol. The maximum atomic E-state index is 12.3. The van der Waals surface area contributed by atoms with Crippen LogP contribution in [-0.2, 0) is 11.2 Å². The van der Waals surface area contributed by atoms with E-state index >= 15 is 0 Å². The molecule has 1 amide bonds. The Hall–Kier alpha value is -1.00. The summed E-state index contributed by atoms with van der Waals surface area (Å²) in [4.78, 5) is 17.4. The minimum Gasteiger partial charge on any atom is -0.341 e. The van der Waals surface area contributed by atoms with Crippen LogP contribution in [0.4, 0.5) is 0 Å². The number of hydrogen-bond donors (Lipinski definition) is 1. The third-order valence-electron chi connectivity index (χ3n) is 3.88. The van der Waals surface area contributed by atoms with Crippen molar-refractivity contribution in [1.29, 1.82) is 0 Å². The van der Waals surface area contributed by atoms with Crippen molar-refractivity contribution in [2.24, 2.45) is 5.92 Å². The lowest BCUT2D eigenvalue weighted by atomic mass is 10.1. The number of likely N-dealkylation sites (tertiary alicyclic amines) is 1. The van der Waals surface area contributed by atoms with Gasteiger partial charge in [-0.15, -0.1) is 12.6 Å². The summed E-state index contributed by atoms with van der Waals surface area (Å²) in [5, 5.41) is 0. The zero-order valence-corrected chi connectivity index (χ0v) is 12.7. The van der Waals surface area contributed by atoms with Gasteiger partial charge in [-0.3, -0.25) is 4.79 Å². The molecule has 1 aliphatic rings. The first-order chi connectivity index (χ1) is 8.97. The van der Waals surface area contributed by atoms with Gasteiger partial charge in [0, 0.05) is 24.0 Å². The van der Waals surface area contributed by atoms with Crippen molar-refractivity contribution in [3.8, 4) is 0 Å². The molecule has 1 heterocycles. The van der Waals surface area contributed by atoms with E-state index in [9.17, 15) is 4.79 Å². The molecule has 0 aliphatic carbocycles. The number of thiol groups is 1. The third kappa shape index (κ3) is 3.51. The van der Waals surface area contributed by atoms with Crippen LogP contribution in [0.1, 0.15) is 12.5 Å². The summed E-state index contributed by atoms with van der Waals surface area (Å²) in [6.45, 7) is 3.93. The van der Waals surface area contributed by atoms with Crippen LogP contribution in [0.3, 0.4) is 0 Å². The van der Waals surface area contributed by atoms with Gasteiger partial charge < -0.3 is 9.80 Å². The molecule has 0 bridgehead atoms. The summed E-state index contributed by atoms with van der Waals surface area (Å²) < 4.78 is 0. The summed E-state index contributed by atoms with van der Waals surface area (Å²) in [7, 11) is 4.17. The summed E-state index contributed by atoms with van der Waals surface area (Å²) in [6.07, 6.45) is 0.487. The lowest BCUT2D eigenvalue weighted by Gasteiger charge is -2.22. The second-order valence-electron chi connectivity index (χ2n) is 5.65. The summed E-state index contributed by atoms with van der Waals surface area (Å²) in [5.41, 5.74) is 1.06. The lowest BCUT2D eigenvalue weighted by molar-refractivity contribution is -0.129. The molecule has 2 unspecified atom stereocenters. The van der Waals surface area contributed by atoms with Crippen LogP contribution in [0.2, 0.25) is 0 Å². The molecular weight excluding hydrogens is 256 g/mol. The molecule has 3 nitrogen and oxygen atoms in total. The van der Waals surface area contributed by atoms with Crippen LogP contribution in [0.15, 0.2) is 29.2 Å². The second kappa shape index (κ2) is 5.97. The van der Waals surface area contributed by atoms with Crippen molar-refractivity contribution in [3.63, 3.8) is 0 Å². The number of nitrogens with zero attached hydrogens (tertiary/aromatic N) is 2. The van der Waals surface area contributed by atoms with E-state index in [0.29, 0.717) is 18.4 Å². The molecule has 1 aromatic rings. The molecule has 0 aromatic heterocycles. The van der Waals surface area contributed by atoms with Gasteiger partial charge in [0.1, 0.15) is 0 Å². The van der Waals surface area contributed by atoms with E-state index in [1.807, 2.05) is 29.2 Å². The van der Waals surface area contributed by atoms with Crippen molar-refractivity contribution < 1.29 is 4.79 Å². The van der Waals surface area contributed by atoms with Crippen LogP contribution < -0.4 is 0 Å². The smallest absolute Gasteiger partial charge is 0.227 e. The van der Waals surface area contributed by atoms with Crippen LogP contribution in [0.25, 0.3) is 0 Å². The molecule has 104 valence electrons. The molecule has 19 heavy (non-hydrogen) atoms. The van der Waals surface area contributed by atoms with E-state index in [4.69, 9.17) is 0 Å². The Balaban J connectivity index is 1.96. The SMILES string of the molecule is CC1CN(C(=O)Cc2ccc(S)cc2)CC1N(C)C. The fraction of sp³-hybridized carbons (Fsp3) is 0.533. The number of benzene rings is 1. The van der Waals surface area contributed by atoms with E-state index < -0.39 is 0 Å². The quantitative estimate of drug-likeness (QED) is 0.854. The molecule has 0 spiro atoms. The van der Waals surface area contributed by atoms with Crippen LogP contribution >= 0.6 is 12.6 Å². The van der Waals surface area contributed by atoms with Gasteiger partial charge in [0.2, 0.25) is 5.91 Å². The second-order valence-corrected chi connectivity index (χ2v) is 6.17. The zero-order chi connectivity index (χ0) is 14.0. The number of hydrogen-bond acceptors (Lipinski definition) is 3. The summed E-state index contributed by atoms with van der Waals surface area (Å²) in [5.74, 6) is 0.766. The highest BCUT2D eigenvalue weighted by Gasteiger charge is 2.33. The fourth-order valence-corrected chi connectivity index (χ4v) is 2.87. The minimum absolute atomic E-state index is 0.225. The van der Waals surface area contributed by atoms with Gasteiger partial charge in [0.15, 0.2) is 0 Å². The Morgan fingerprint density at radius 1 is 1.32 bits per heavy atom. The largest absolute Gasteiger partial charge is 0.341 e. The molecule has 0 saturated carbocycles. The Morgan fingerprint density at radius 2 is 1.95 bits per heavy atom. The number of carbonyl (C=O) groups is 1.